The highest BCUT2D eigenvalue weighted by Crippen LogP contribution is 2.15. The maximum Gasteiger partial charge on any atom is 0.261 e. The van der Waals surface area contributed by atoms with Gasteiger partial charge in [-0.2, -0.15) is 0 Å². The minimum Gasteiger partial charge on any atom is -0.361 e. The molecule has 0 aromatic heterocycles. The average Bonchev–Trinajstić information content (AvgIpc) is 2.71. The SMILES string of the molecule is Cc1ccc(NC(=O)C(=CNc2ccccc2)C(=O)c2ccccc2)cc1. The molecule has 0 aliphatic carbocycles. The van der Waals surface area contributed by atoms with Gasteiger partial charge in [-0.1, -0.05) is 66.2 Å². The normalized spacial score (nSPS) is 10.9. The highest BCUT2D eigenvalue weighted by atomic mass is 16.2. The molecule has 0 aliphatic heterocycles. The largest absolute Gasteiger partial charge is 0.361 e. The number of amides is 1. The van der Waals surface area contributed by atoms with Crippen molar-refractivity contribution in [1.29, 1.82) is 0 Å². The van der Waals surface area contributed by atoms with E-state index in [-0.39, 0.29) is 11.4 Å². The Labute approximate surface area is 158 Å². The monoisotopic (exact) mass is 356 g/mol. The molecule has 0 radical (unpaired) electrons. The standard InChI is InChI=1S/C23H20N2O2/c1-17-12-14-20(15-13-17)25-23(27)21(16-24-19-10-6-3-7-11-19)22(26)18-8-4-2-5-9-18/h2-16,24H,1H3,(H,25,27). The number of para-hydroxylation sites is 1. The number of Topliss-reactive ketones (excluding diaryl/α,β-unsaturated/α-hetero) is 1. The molecule has 0 aliphatic rings. The lowest BCUT2D eigenvalue weighted by Gasteiger charge is -2.10. The van der Waals surface area contributed by atoms with Crippen LogP contribution in [-0.2, 0) is 4.79 Å². The minimum atomic E-state index is -0.462. The molecule has 0 bridgehead atoms. The third-order valence-electron chi connectivity index (χ3n) is 3.99. The van der Waals surface area contributed by atoms with Crippen LogP contribution in [0.5, 0.6) is 0 Å². The fourth-order valence-corrected chi connectivity index (χ4v) is 2.50. The summed E-state index contributed by atoms with van der Waals surface area (Å²) in [7, 11) is 0. The average molecular weight is 356 g/mol. The van der Waals surface area contributed by atoms with Gasteiger partial charge in [0.2, 0.25) is 0 Å². The van der Waals surface area contributed by atoms with Gasteiger partial charge in [0, 0.05) is 23.1 Å². The number of anilines is 2. The molecule has 4 heteroatoms. The maximum absolute atomic E-state index is 12.9. The third-order valence-corrected chi connectivity index (χ3v) is 3.99. The highest BCUT2D eigenvalue weighted by molar-refractivity contribution is 6.28. The molecule has 0 atom stereocenters. The van der Waals surface area contributed by atoms with E-state index in [1.807, 2.05) is 67.6 Å². The summed E-state index contributed by atoms with van der Waals surface area (Å²) in [6.07, 6.45) is 1.45. The van der Waals surface area contributed by atoms with Gasteiger partial charge in [-0.15, -0.1) is 0 Å². The Balaban J connectivity index is 1.87. The van der Waals surface area contributed by atoms with Crippen LogP contribution < -0.4 is 10.6 Å². The number of benzene rings is 3. The Bertz CT molecular complexity index is 947. The first kappa shape index (κ1) is 18.1. The van der Waals surface area contributed by atoms with Crippen LogP contribution in [0.1, 0.15) is 15.9 Å². The van der Waals surface area contributed by atoms with Crippen molar-refractivity contribution in [2.24, 2.45) is 0 Å². The Kier molecular flexibility index (Phi) is 5.80. The van der Waals surface area contributed by atoms with Crippen LogP contribution in [0.15, 0.2) is 96.7 Å². The van der Waals surface area contributed by atoms with Crippen LogP contribution in [-0.4, -0.2) is 11.7 Å². The van der Waals surface area contributed by atoms with Crippen LogP contribution in [0.2, 0.25) is 0 Å². The van der Waals surface area contributed by atoms with Gasteiger partial charge in [-0.3, -0.25) is 9.59 Å². The van der Waals surface area contributed by atoms with E-state index in [0.29, 0.717) is 11.3 Å². The molecule has 0 fully saturated rings. The molecular weight excluding hydrogens is 336 g/mol. The fraction of sp³-hybridized carbons (Fsp3) is 0.0435. The molecule has 4 nitrogen and oxygen atoms in total. The maximum atomic E-state index is 12.9. The molecule has 27 heavy (non-hydrogen) atoms. The van der Waals surface area contributed by atoms with E-state index in [4.69, 9.17) is 0 Å². The summed E-state index contributed by atoms with van der Waals surface area (Å²) in [5.74, 6) is -0.806. The summed E-state index contributed by atoms with van der Waals surface area (Å²) in [6.45, 7) is 1.97. The number of nitrogens with one attached hydrogen (secondary N) is 2. The van der Waals surface area contributed by atoms with E-state index in [1.165, 1.54) is 6.20 Å². The van der Waals surface area contributed by atoms with Crippen molar-refractivity contribution < 1.29 is 9.59 Å². The van der Waals surface area contributed by atoms with Gasteiger partial charge in [0.05, 0.1) is 0 Å². The third kappa shape index (κ3) is 4.92. The molecule has 2 N–H and O–H groups in total. The topological polar surface area (TPSA) is 58.2 Å². The van der Waals surface area contributed by atoms with Gasteiger partial charge >= 0.3 is 0 Å². The molecular formula is C23H20N2O2. The number of rotatable bonds is 6. The van der Waals surface area contributed by atoms with Gasteiger partial charge < -0.3 is 10.6 Å². The van der Waals surface area contributed by atoms with Crippen molar-refractivity contribution >= 4 is 23.1 Å². The lowest BCUT2D eigenvalue weighted by molar-refractivity contribution is -0.112. The zero-order chi connectivity index (χ0) is 19.1. The Morgan fingerprint density at radius 2 is 1.33 bits per heavy atom. The van der Waals surface area contributed by atoms with Gasteiger partial charge in [-0.05, 0) is 31.2 Å². The Morgan fingerprint density at radius 1 is 0.741 bits per heavy atom. The van der Waals surface area contributed by atoms with Crippen molar-refractivity contribution in [2.75, 3.05) is 10.6 Å². The number of carbonyl (C=O) groups excluding carboxylic acids is 2. The second kappa shape index (κ2) is 8.63. The molecule has 0 spiro atoms. The van der Waals surface area contributed by atoms with Crippen LogP contribution in [0.4, 0.5) is 11.4 Å². The molecule has 0 heterocycles. The van der Waals surface area contributed by atoms with E-state index in [1.54, 1.807) is 24.3 Å². The van der Waals surface area contributed by atoms with Gasteiger partial charge in [0.1, 0.15) is 5.57 Å². The highest BCUT2D eigenvalue weighted by Gasteiger charge is 2.20. The van der Waals surface area contributed by atoms with Crippen molar-refractivity contribution in [3.63, 3.8) is 0 Å². The first-order valence-corrected chi connectivity index (χ1v) is 8.63. The summed E-state index contributed by atoms with van der Waals surface area (Å²) < 4.78 is 0. The van der Waals surface area contributed by atoms with Crippen LogP contribution in [0, 0.1) is 6.92 Å². The second-order valence-electron chi connectivity index (χ2n) is 6.08. The van der Waals surface area contributed by atoms with E-state index < -0.39 is 5.91 Å². The molecule has 1 amide bonds. The lowest BCUT2D eigenvalue weighted by atomic mass is 10.0. The summed E-state index contributed by atoms with van der Waals surface area (Å²) in [5, 5.41) is 5.82. The van der Waals surface area contributed by atoms with Crippen LogP contribution in [0.3, 0.4) is 0 Å². The van der Waals surface area contributed by atoms with E-state index in [0.717, 1.165) is 11.3 Å². The predicted octanol–water partition coefficient (Wildman–Crippen LogP) is 4.81. The van der Waals surface area contributed by atoms with Crippen LogP contribution in [0.25, 0.3) is 0 Å². The molecule has 0 saturated carbocycles. The zero-order valence-corrected chi connectivity index (χ0v) is 15.0. The van der Waals surface area contributed by atoms with E-state index in [2.05, 4.69) is 10.6 Å². The van der Waals surface area contributed by atoms with E-state index in [9.17, 15) is 9.59 Å². The van der Waals surface area contributed by atoms with Crippen molar-refractivity contribution in [2.45, 2.75) is 6.92 Å². The zero-order valence-electron chi connectivity index (χ0n) is 15.0. The Morgan fingerprint density at radius 3 is 1.96 bits per heavy atom. The van der Waals surface area contributed by atoms with Crippen LogP contribution >= 0.6 is 0 Å². The summed E-state index contributed by atoms with van der Waals surface area (Å²) in [4.78, 5) is 25.7. The molecule has 0 saturated heterocycles. The predicted molar refractivity (Wildman–Crippen MR) is 109 cm³/mol. The smallest absolute Gasteiger partial charge is 0.261 e. The van der Waals surface area contributed by atoms with Crippen molar-refractivity contribution in [1.82, 2.24) is 0 Å². The van der Waals surface area contributed by atoms with Gasteiger partial charge in [0.15, 0.2) is 5.78 Å². The quantitative estimate of drug-likeness (QED) is 0.288. The summed E-state index contributed by atoms with van der Waals surface area (Å²) in [6, 6.07) is 25.5. The number of aryl methyl sites for hydroxylation is 1. The molecule has 3 rings (SSSR count). The lowest BCUT2D eigenvalue weighted by Crippen LogP contribution is -2.21. The second-order valence-corrected chi connectivity index (χ2v) is 6.08. The van der Waals surface area contributed by atoms with Crippen molar-refractivity contribution in [3.05, 3.63) is 108 Å². The summed E-state index contributed by atoms with van der Waals surface area (Å²) in [5.41, 5.74) is 3.01. The Hall–Kier alpha value is -3.66. The van der Waals surface area contributed by atoms with Crippen molar-refractivity contribution in [3.8, 4) is 0 Å². The fourth-order valence-electron chi connectivity index (χ4n) is 2.50. The molecule has 134 valence electrons. The first-order chi connectivity index (χ1) is 13.1. The summed E-state index contributed by atoms with van der Waals surface area (Å²) >= 11 is 0. The molecule has 0 unspecified atom stereocenters. The number of hydrogen-bond donors (Lipinski definition) is 2. The van der Waals surface area contributed by atoms with Gasteiger partial charge in [0.25, 0.3) is 5.91 Å². The number of hydrogen-bond acceptors (Lipinski definition) is 3. The number of ketones is 1. The first-order valence-electron chi connectivity index (χ1n) is 8.63. The van der Waals surface area contributed by atoms with Gasteiger partial charge in [-0.25, -0.2) is 0 Å². The number of carbonyl (C=O) groups is 2. The minimum absolute atomic E-state index is 0.0330. The van der Waals surface area contributed by atoms with E-state index >= 15 is 0 Å². The molecule has 3 aromatic carbocycles. The molecule has 3 aromatic rings.